The molecule has 0 atom stereocenters. The smallest absolute Gasteiger partial charge is 0.303 e. The van der Waals surface area contributed by atoms with E-state index in [1.807, 2.05) is 6.92 Å². The van der Waals surface area contributed by atoms with E-state index >= 15 is 0 Å². The fourth-order valence-electron chi connectivity index (χ4n) is 2.42. The predicted molar refractivity (Wildman–Crippen MR) is 87.5 cm³/mol. The summed E-state index contributed by atoms with van der Waals surface area (Å²) < 4.78 is 1.79. The van der Waals surface area contributed by atoms with Gasteiger partial charge in [0.25, 0.3) is 5.91 Å². The molecule has 1 aromatic heterocycles. The SMILES string of the molecule is CCn1cc(C(=O)NCCCC(=O)O)c(=O)c2c(N)cccc21. The molecule has 4 N–H and O–H groups in total. The number of carbonyl (C=O) groups is 2. The summed E-state index contributed by atoms with van der Waals surface area (Å²) >= 11 is 0. The van der Waals surface area contributed by atoms with Crippen molar-refractivity contribution in [2.75, 3.05) is 12.3 Å². The molecule has 1 aromatic carbocycles. The van der Waals surface area contributed by atoms with Gasteiger partial charge in [0.05, 0.1) is 10.9 Å². The van der Waals surface area contributed by atoms with E-state index in [2.05, 4.69) is 5.32 Å². The Hall–Kier alpha value is -2.83. The summed E-state index contributed by atoms with van der Waals surface area (Å²) in [6, 6.07) is 5.17. The summed E-state index contributed by atoms with van der Waals surface area (Å²) in [5.74, 6) is -1.45. The number of anilines is 1. The van der Waals surface area contributed by atoms with Gasteiger partial charge in [-0.2, -0.15) is 0 Å². The zero-order valence-electron chi connectivity index (χ0n) is 12.8. The average molecular weight is 317 g/mol. The van der Waals surface area contributed by atoms with E-state index in [-0.39, 0.29) is 18.5 Å². The van der Waals surface area contributed by atoms with Crippen LogP contribution in [0.3, 0.4) is 0 Å². The third-order valence-electron chi connectivity index (χ3n) is 3.58. The fourth-order valence-corrected chi connectivity index (χ4v) is 2.42. The van der Waals surface area contributed by atoms with Crippen LogP contribution in [0.15, 0.2) is 29.2 Å². The van der Waals surface area contributed by atoms with Crippen molar-refractivity contribution in [1.29, 1.82) is 0 Å². The largest absolute Gasteiger partial charge is 0.481 e. The van der Waals surface area contributed by atoms with Crippen molar-refractivity contribution < 1.29 is 14.7 Å². The molecular formula is C16H19N3O4. The number of aliphatic carboxylic acids is 1. The van der Waals surface area contributed by atoms with E-state index in [0.717, 1.165) is 0 Å². The number of carboxylic acids is 1. The number of nitrogens with one attached hydrogen (secondary N) is 1. The molecular weight excluding hydrogens is 298 g/mol. The summed E-state index contributed by atoms with van der Waals surface area (Å²) in [7, 11) is 0. The predicted octanol–water partition coefficient (Wildman–Crippen LogP) is 1.20. The minimum Gasteiger partial charge on any atom is -0.481 e. The topological polar surface area (TPSA) is 114 Å². The summed E-state index contributed by atoms with van der Waals surface area (Å²) in [6.07, 6.45) is 1.78. The van der Waals surface area contributed by atoms with Crippen LogP contribution in [-0.4, -0.2) is 28.1 Å². The lowest BCUT2D eigenvalue weighted by Crippen LogP contribution is -2.31. The zero-order chi connectivity index (χ0) is 17.0. The number of carboxylic acid groups (broad SMARTS) is 1. The molecule has 0 aliphatic carbocycles. The normalized spacial score (nSPS) is 10.7. The minimum absolute atomic E-state index is 0.00701. The summed E-state index contributed by atoms with van der Waals surface area (Å²) in [5.41, 5.74) is 6.49. The number of carbonyl (C=O) groups excluding carboxylic acids is 1. The maximum Gasteiger partial charge on any atom is 0.303 e. The summed E-state index contributed by atoms with van der Waals surface area (Å²) in [4.78, 5) is 35.2. The average Bonchev–Trinajstić information content (AvgIpc) is 2.51. The van der Waals surface area contributed by atoms with Crippen LogP contribution >= 0.6 is 0 Å². The Labute approximate surface area is 132 Å². The lowest BCUT2D eigenvalue weighted by molar-refractivity contribution is -0.137. The van der Waals surface area contributed by atoms with Crippen LogP contribution in [0, 0.1) is 0 Å². The third kappa shape index (κ3) is 3.50. The molecule has 0 unspecified atom stereocenters. The van der Waals surface area contributed by atoms with Gasteiger partial charge in [-0.05, 0) is 25.5 Å². The molecule has 0 aliphatic rings. The summed E-state index contributed by atoms with van der Waals surface area (Å²) in [6.45, 7) is 2.68. The number of benzene rings is 1. The Morgan fingerprint density at radius 2 is 2.09 bits per heavy atom. The van der Waals surface area contributed by atoms with Gasteiger partial charge in [0.15, 0.2) is 0 Å². The van der Waals surface area contributed by atoms with Crippen molar-refractivity contribution in [1.82, 2.24) is 9.88 Å². The highest BCUT2D eigenvalue weighted by Crippen LogP contribution is 2.18. The van der Waals surface area contributed by atoms with Crippen LogP contribution < -0.4 is 16.5 Å². The maximum atomic E-state index is 12.6. The molecule has 0 spiro atoms. The summed E-state index contributed by atoms with van der Waals surface area (Å²) in [5, 5.41) is 11.5. The molecule has 0 saturated carbocycles. The van der Waals surface area contributed by atoms with Crippen molar-refractivity contribution >= 4 is 28.5 Å². The van der Waals surface area contributed by atoms with Crippen LogP contribution in [0.4, 0.5) is 5.69 Å². The Bertz CT molecular complexity index is 811. The number of aromatic nitrogens is 1. The monoisotopic (exact) mass is 317 g/mol. The number of hydrogen-bond acceptors (Lipinski definition) is 4. The number of fused-ring (bicyclic) bond motifs is 1. The van der Waals surface area contributed by atoms with Gasteiger partial charge in [-0.25, -0.2) is 0 Å². The number of nitrogens with zero attached hydrogens (tertiary/aromatic N) is 1. The van der Waals surface area contributed by atoms with E-state index in [1.54, 1.807) is 22.8 Å². The van der Waals surface area contributed by atoms with Gasteiger partial charge >= 0.3 is 5.97 Å². The van der Waals surface area contributed by atoms with E-state index in [0.29, 0.717) is 29.6 Å². The Morgan fingerprint density at radius 1 is 1.35 bits per heavy atom. The molecule has 1 heterocycles. The first-order chi connectivity index (χ1) is 11.0. The molecule has 122 valence electrons. The number of hydrogen-bond donors (Lipinski definition) is 3. The second-order valence-electron chi connectivity index (χ2n) is 5.15. The molecule has 0 aliphatic heterocycles. The van der Waals surface area contributed by atoms with Gasteiger partial charge in [0.2, 0.25) is 5.43 Å². The molecule has 0 bridgehead atoms. The van der Waals surface area contributed by atoms with Gasteiger partial charge in [0.1, 0.15) is 5.56 Å². The number of rotatable bonds is 6. The Morgan fingerprint density at radius 3 is 2.74 bits per heavy atom. The molecule has 0 saturated heterocycles. The van der Waals surface area contributed by atoms with Crippen molar-refractivity contribution in [3.63, 3.8) is 0 Å². The molecule has 7 nitrogen and oxygen atoms in total. The number of pyridine rings is 1. The lowest BCUT2D eigenvalue weighted by atomic mass is 10.1. The lowest BCUT2D eigenvalue weighted by Gasteiger charge is -2.12. The van der Waals surface area contributed by atoms with Crippen molar-refractivity contribution in [3.8, 4) is 0 Å². The first-order valence-electron chi connectivity index (χ1n) is 7.37. The molecule has 23 heavy (non-hydrogen) atoms. The number of amides is 1. The second-order valence-corrected chi connectivity index (χ2v) is 5.15. The minimum atomic E-state index is -0.925. The van der Waals surface area contributed by atoms with E-state index in [1.165, 1.54) is 6.20 Å². The van der Waals surface area contributed by atoms with Gasteiger partial charge in [0, 0.05) is 31.4 Å². The first kappa shape index (κ1) is 16.5. The quantitative estimate of drug-likeness (QED) is 0.547. The molecule has 0 radical (unpaired) electrons. The van der Waals surface area contributed by atoms with Gasteiger partial charge in [-0.15, -0.1) is 0 Å². The standard InChI is InChI=1S/C16H19N3O4/c1-2-19-9-10(16(23)18-8-4-7-13(20)21)15(22)14-11(17)5-3-6-12(14)19/h3,5-6,9H,2,4,7-8,17H2,1H3,(H,18,23)(H,20,21). The Balaban J connectivity index is 2.35. The van der Waals surface area contributed by atoms with E-state index < -0.39 is 17.3 Å². The van der Waals surface area contributed by atoms with Gasteiger partial charge in [-0.3, -0.25) is 14.4 Å². The molecule has 2 aromatic rings. The second kappa shape index (κ2) is 6.95. The Kier molecular flexibility index (Phi) is 5.00. The van der Waals surface area contributed by atoms with E-state index in [9.17, 15) is 14.4 Å². The van der Waals surface area contributed by atoms with Crippen molar-refractivity contribution in [3.05, 3.63) is 40.2 Å². The molecule has 7 heteroatoms. The third-order valence-corrected chi connectivity index (χ3v) is 3.58. The van der Waals surface area contributed by atoms with Gasteiger partial charge < -0.3 is 20.7 Å². The highest BCUT2D eigenvalue weighted by molar-refractivity contribution is 6.00. The molecule has 1 amide bonds. The van der Waals surface area contributed by atoms with Crippen LogP contribution in [0.25, 0.3) is 10.9 Å². The highest BCUT2D eigenvalue weighted by atomic mass is 16.4. The molecule has 0 fully saturated rings. The number of aryl methyl sites for hydroxylation is 1. The fraction of sp³-hybridized carbons (Fsp3) is 0.312. The van der Waals surface area contributed by atoms with Crippen molar-refractivity contribution in [2.24, 2.45) is 0 Å². The van der Waals surface area contributed by atoms with Gasteiger partial charge in [-0.1, -0.05) is 6.07 Å². The molecule has 2 rings (SSSR count). The van der Waals surface area contributed by atoms with E-state index in [4.69, 9.17) is 10.8 Å². The van der Waals surface area contributed by atoms with Crippen LogP contribution in [0.2, 0.25) is 0 Å². The zero-order valence-corrected chi connectivity index (χ0v) is 12.8. The van der Waals surface area contributed by atoms with Crippen LogP contribution in [-0.2, 0) is 11.3 Å². The van der Waals surface area contributed by atoms with Crippen LogP contribution in [0.1, 0.15) is 30.1 Å². The first-order valence-corrected chi connectivity index (χ1v) is 7.37. The van der Waals surface area contributed by atoms with Crippen molar-refractivity contribution in [2.45, 2.75) is 26.3 Å². The van der Waals surface area contributed by atoms with Crippen LogP contribution in [0.5, 0.6) is 0 Å². The maximum absolute atomic E-state index is 12.6. The highest BCUT2D eigenvalue weighted by Gasteiger charge is 2.16. The number of nitrogens with two attached hydrogens (primary N) is 1. The number of nitrogen functional groups attached to an aromatic ring is 1.